The monoisotopic (exact) mass is 362 g/mol. The number of amidine groups is 1. The molecule has 0 aromatic heterocycles. The summed E-state index contributed by atoms with van der Waals surface area (Å²) in [5.41, 5.74) is 2.23. The van der Waals surface area contributed by atoms with E-state index < -0.39 is 0 Å². The van der Waals surface area contributed by atoms with Crippen molar-refractivity contribution in [3.05, 3.63) is 58.6 Å². The predicted octanol–water partition coefficient (Wildman–Crippen LogP) is 4.71. The van der Waals surface area contributed by atoms with Gasteiger partial charge in [0, 0.05) is 22.0 Å². The first-order chi connectivity index (χ1) is 10.2. The average Bonchev–Trinajstić information content (AvgIpc) is 2.96. The van der Waals surface area contributed by atoms with E-state index in [4.69, 9.17) is 9.73 Å². The fourth-order valence-corrected chi connectivity index (χ4v) is 3.61. The maximum Gasteiger partial charge on any atom is 0.161 e. The third-order valence-corrected chi connectivity index (χ3v) is 4.61. The van der Waals surface area contributed by atoms with Crippen molar-refractivity contribution in [1.82, 2.24) is 0 Å². The van der Waals surface area contributed by atoms with Crippen molar-refractivity contribution in [2.24, 2.45) is 4.99 Å². The Morgan fingerprint density at radius 1 is 1.24 bits per heavy atom. The normalized spacial score (nSPS) is 17.4. The summed E-state index contributed by atoms with van der Waals surface area (Å²) in [6.07, 6.45) is 0. The highest BCUT2D eigenvalue weighted by molar-refractivity contribution is 9.10. The molecule has 1 aliphatic heterocycles. The number of hydrogen-bond acceptors (Lipinski definition) is 4. The minimum absolute atomic E-state index is 0.229. The van der Waals surface area contributed by atoms with Crippen LogP contribution < -0.4 is 10.1 Å². The number of nitrogens with one attached hydrogen (secondary N) is 1. The van der Waals surface area contributed by atoms with Crippen LogP contribution in [0.2, 0.25) is 0 Å². The summed E-state index contributed by atoms with van der Waals surface area (Å²) in [5.74, 6) is 1.78. The van der Waals surface area contributed by atoms with E-state index in [2.05, 4.69) is 45.5 Å². The molecular formula is C16H15BrN2OS. The van der Waals surface area contributed by atoms with Gasteiger partial charge in [-0.05, 0) is 17.7 Å². The lowest BCUT2D eigenvalue weighted by atomic mass is 10.1. The first kappa shape index (κ1) is 14.5. The molecule has 0 spiro atoms. The topological polar surface area (TPSA) is 33.6 Å². The van der Waals surface area contributed by atoms with E-state index in [1.165, 1.54) is 5.56 Å². The third kappa shape index (κ3) is 3.60. The number of nitrogens with zero attached hydrogens (tertiary/aromatic N) is 1. The molecule has 0 amide bonds. The highest BCUT2D eigenvalue weighted by Gasteiger charge is 2.19. The van der Waals surface area contributed by atoms with E-state index in [0.29, 0.717) is 0 Å². The summed E-state index contributed by atoms with van der Waals surface area (Å²) in [6.45, 7) is 0. The number of rotatable bonds is 3. The van der Waals surface area contributed by atoms with Crippen molar-refractivity contribution in [2.75, 3.05) is 18.2 Å². The molecule has 0 fully saturated rings. The summed E-state index contributed by atoms with van der Waals surface area (Å²) < 4.78 is 6.25. The molecule has 0 saturated heterocycles. The van der Waals surface area contributed by atoms with Gasteiger partial charge in [0.2, 0.25) is 0 Å². The second kappa shape index (κ2) is 6.54. The van der Waals surface area contributed by atoms with Gasteiger partial charge in [-0.15, -0.1) is 0 Å². The number of ether oxygens (including phenoxy) is 1. The van der Waals surface area contributed by atoms with Crippen LogP contribution in [-0.4, -0.2) is 18.0 Å². The Balaban J connectivity index is 1.75. The quantitative estimate of drug-likeness (QED) is 0.857. The van der Waals surface area contributed by atoms with Crippen LogP contribution in [0.25, 0.3) is 0 Å². The number of thioether (sulfide) groups is 1. The molecule has 0 radical (unpaired) electrons. The lowest BCUT2D eigenvalue weighted by Crippen LogP contribution is -2.05. The molecule has 2 aromatic carbocycles. The maximum atomic E-state index is 5.27. The number of anilines is 1. The van der Waals surface area contributed by atoms with E-state index in [0.717, 1.165) is 26.8 Å². The minimum Gasteiger partial charge on any atom is -0.497 e. The van der Waals surface area contributed by atoms with Crippen LogP contribution in [-0.2, 0) is 0 Å². The molecule has 2 aromatic rings. The number of benzene rings is 2. The number of aliphatic imine (C=N–C) groups is 1. The summed E-state index contributed by atoms with van der Waals surface area (Å²) in [4.78, 5) is 4.75. The lowest BCUT2D eigenvalue weighted by Gasteiger charge is -2.08. The molecule has 3 rings (SSSR count). The third-order valence-electron chi connectivity index (χ3n) is 3.19. The van der Waals surface area contributed by atoms with E-state index >= 15 is 0 Å². The first-order valence-electron chi connectivity index (χ1n) is 6.62. The van der Waals surface area contributed by atoms with Crippen LogP contribution in [0.4, 0.5) is 5.69 Å². The zero-order valence-corrected chi connectivity index (χ0v) is 13.9. The number of halogens is 1. The van der Waals surface area contributed by atoms with Gasteiger partial charge in [-0.2, -0.15) is 0 Å². The largest absolute Gasteiger partial charge is 0.497 e. The van der Waals surface area contributed by atoms with Crippen LogP contribution in [0.15, 0.2) is 58.0 Å². The molecule has 1 atom stereocenters. The Kier molecular flexibility index (Phi) is 4.51. The zero-order valence-electron chi connectivity index (χ0n) is 11.5. The van der Waals surface area contributed by atoms with Gasteiger partial charge in [-0.25, -0.2) is 0 Å². The summed E-state index contributed by atoms with van der Waals surface area (Å²) in [5, 5.41) is 4.31. The van der Waals surface area contributed by atoms with Crippen LogP contribution in [0.3, 0.4) is 0 Å². The van der Waals surface area contributed by atoms with Crippen molar-refractivity contribution < 1.29 is 4.74 Å². The average molecular weight is 363 g/mol. The Bertz CT molecular complexity index is 661. The Hall–Kier alpha value is -1.46. The molecular weight excluding hydrogens is 348 g/mol. The van der Waals surface area contributed by atoms with Crippen LogP contribution in [0, 0.1) is 0 Å². The molecule has 3 nitrogen and oxygen atoms in total. The molecule has 1 aliphatic rings. The highest BCUT2D eigenvalue weighted by Crippen LogP contribution is 2.32. The van der Waals surface area contributed by atoms with Gasteiger partial charge >= 0.3 is 0 Å². The second-order valence-corrected chi connectivity index (χ2v) is 6.60. The van der Waals surface area contributed by atoms with Crippen molar-refractivity contribution in [1.29, 1.82) is 0 Å². The summed E-state index contributed by atoms with van der Waals surface area (Å²) in [6, 6.07) is 16.5. The summed E-state index contributed by atoms with van der Waals surface area (Å²) in [7, 11) is 1.67. The number of methoxy groups -OCH3 is 1. The fraction of sp³-hybridized carbons (Fsp3) is 0.188. The van der Waals surface area contributed by atoms with Gasteiger partial charge < -0.3 is 10.1 Å². The molecule has 0 saturated carbocycles. The smallest absolute Gasteiger partial charge is 0.161 e. The van der Waals surface area contributed by atoms with Gasteiger partial charge in [-0.1, -0.05) is 58.0 Å². The molecule has 21 heavy (non-hydrogen) atoms. The van der Waals surface area contributed by atoms with E-state index in [1.54, 1.807) is 18.9 Å². The Morgan fingerprint density at radius 2 is 2.05 bits per heavy atom. The van der Waals surface area contributed by atoms with Crippen molar-refractivity contribution in [3.8, 4) is 5.75 Å². The Morgan fingerprint density at radius 3 is 2.81 bits per heavy atom. The molecule has 108 valence electrons. The van der Waals surface area contributed by atoms with Crippen LogP contribution in [0.1, 0.15) is 11.6 Å². The van der Waals surface area contributed by atoms with E-state index in [-0.39, 0.29) is 6.04 Å². The predicted molar refractivity (Wildman–Crippen MR) is 93.4 cm³/mol. The molecule has 1 unspecified atom stereocenters. The molecule has 0 aliphatic carbocycles. The standard InChI is InChI=1S/C16H15BrN2OS/c1-20-14-8-12(17)7-13(9-14)18-16-19-15(10-21-16)11-5-3-2-4-6-11/h2-9,15H,10H2,1H3,(H,18,19). The van der Waals surface area contributed by atoms with Gasteiger partial charge in [0.05, 0.1) is 13.2 Å². The first-order valence-corrected chi connectivity index (χ1v) is 8.39. The van der Waals surface area contributed by atoms with Crippen LogP contribution in [0.5, 0.6) is 5.75 Å². The van der Waals surface area contributed by atoms with Gasteiger partial charge in [0.15, 0.2) is 5.17 Å². The van der Waals surface area contributed by atoms with Crippen LogP contribution >= 0.6 is 27.7 Å². The molecule has 1 heterocycles. The van der Waals surface area contributed by atoms with E-state index in [9.17, 15) is 0 Å². The van der Waals surface area contributed by atoms with Gasteiger partial charge in [0.25, 0.3) is 0 Å². The lowest BCUT2D eigenvalue weighted by molar-refractivity contribution is 0.415. The molecule has 1 N–H and O–H groups in total. The highest BCUT2D eigenvalue weighted by atomic mass is 79.9. The van der Waals surface area contributed by atoms with Crippen molar-refractivity contribution in [2.45, 2.75) is 6.04 Å². The van der Waals surface area contributed by atoms with Gasteiger partial charge in [-0.3, -0.25) is 4.99 Å². The van der Waals surface area contributed by atoms with E-state index in [1.807, 2.05) is 24.3 Å². The fourth-order valence-electron chi connectivity index (χ4n) is 2.16. The number of hydrogen-bond donors (Lipinski definition) is 1. The van der Waals surface area contributed by atoms with Crippen molar-refractivity contribution in [3.63, 3.8) is 0 Å². The maximum absolute atomic E-state index is 5.27. The Labute approximate surface area is 136 Å². The minimum atomic E-state index is 0.229. The molecule has 5 heteroatoms. The van der Waals surface area contributed by atoms with Crippen molar-refractivity contribution >= 4 is 38.5 Å². The second-order valence-electron chi connectivity index (χ2n) is 4.68. The zero-order chi connectivity index (χ0) is 14.7. The van der Waals surface area contributed by atoms with Gasteiger partial charge in [0.1, 0.15) is 5.75 Å². The SMILES string of the molecule is COc1cc(Br)cc(NC2=NC(c3ccccc3)CS2)c1. The molecule has 0 bridgehead atoms. The summed E-state index contributed by atoms with van der Waals surface area (Å²) >= 11 is 5.23.